The molecule has 0 radical (unpaired) electrons. The standard InChI is InChI=1S/C30H40N4O4S/c35-39(36,17-5-10-31-13-15-32(16-14-31)25-7-2-1-3-8-25)34-11-4-6-24-21-33-12-9-23-18-29-30(38-22-37-29)19-26(23)28(33)20-27(24)34/h1-3,7-8,18-19,24,27-28H,4-6,9-17,20-22H2/t24-,27+,28-/m0/s1. The average Bonchev–Trinajstić information content (AvgIpc) is 3.43. The predicted molar refractivity (Wildman–Crippen MR) is 152 cm³/mol. The summed E-state index contributed by atoms with van der Waals surface area (Å²) in [6, 6.07) is 15.2. The number of fused-ring (bicyclic) bond motifs is 5. The molecule has 5 heterocycles. The monoisotopic (exact) mass is 552 g/mol. The number of benzene rings is 2. The Bertz CT molecular complexity index is 1280. The second kappa shape index (κ2) is 10.6. The topological polar surface area (TPSA) is 65.6 Å². The third kappa shape index (κ3) is 5.03. The van der Waals surface area contributed by atoms with Gasteiger partial charge in [-0.25, -0.2) is 8.42 Å². The number of para-hydroxylation sites is 1. The minimum Gasteiger partial charge on any atom is -0.454 e. The minimum atomic E-state index is -3.30. The Morgan fingerprint density at radius 2 is 1.72 bits per heavy atom. The second-order valence-corrected chi connectivity index (χ2v) is 13.9. The van der Waals surface area contributed by atoms with Crippen LogP contribution in [0.5, 0.6) is 11.5 Å². The first kappa shape index (κ1) is 25.6. The third-order valence-electron chi connectivity index (χ3n) is 9.63. The largest absolute Gasteiger partial charge is 0.454 e. The molecule has 5 aliphatic heterocycles. The van der Waals surface area contributed by atoms with Gasteiger partial charge in [-0.1, -0.05) is 18.2 Å². The molecule has 2 aromatic rings. The van der Waals surface area contributed by atoms with E-state index in [0.717, 1.165) is 83.0 Å². The van der Waals surface area contributed by atoms with Crippen LogP contribution in [0.25, 0.3) is 0 Å². The van der Waals surface area contributed by atoms with Gasteiger partial charge in [-0.15, -0.1) is 0 Å². The average molecular weight is 553 g/mol. The van der Waals surface area contributed by atoms with Gasteiger partial charge in [-0.3, -0.25) is 9.80 Å². The Morgan fingerprint density at radius 1 is 0.923 bits per heavy atom. The molecule has 5 aliphatic rings. The van der Waals surface area contributed by atoms with Crippen molar-refractivity contribution >= 4 is 15.7 Å². The molecular weight excluding hydrogens is 512 g/mol. The van der Waals surface area contributed by atoms with Gasteiger partial charge in [0.05, 0.1) is 5.75 Å². The summed E-state index contributed by atoms with van der Waals surface area (Å²) in [6.07, 6.45) is 4.68. The van der Waals surface area contributed by atoms with Crippen molar-refractivity contribution in [2.24, 2.45) is 5.92 Å². The van der Waals surface area contributed by atoms with Crippen molar-refractivity contribution in [2.75, 3.05) is 69.8 Å². The molecule has 39 heavy (non-hydrogen) atoms. The number of piperazine rings is 1. The van der Waals surface area contributed by atoms with Crippen LogP contribution in [0.4, 0.5) is 5.69 Å². The maximum atomic E-state index is 13.7. The van der Waals surface area contributed by atoms with Gasteiger partial charge in [-0.05, 0) is 80.0 Å². The minimum absolute atomic E-state index is 0.0933. The highest BCUT2D eigenvalue weighted by Crippen LogP contribution is 2.46. The number of piperidine rings is 2. The van der Waals surface area contributed by atoms with Gasteiger partial charge in [0.2, 0.25) is 16.8 Å². The number of rotatable bonds is 6. The van der Waals surface area contributed by atoms with Crippen molar-refractivity contribution in [3.05, 3.63) is 53.6 Å². The van der Waals surface area contributed by atoms with Crippen molar-refractivity contribution < 1.29 is 17.9 Å². The molecule has 0 N–H and O–H groups in total. The Morgan fingerprint density at radius 3 is 2.54 bits per heavy atom. The molecule has 3 atom stereocenters. The van der Waals surface area contributed by atoms with E-state index in [1.165, 1.54) is 16.8 Å². The van der Waals surface area contributed by atoms with Crippen molar-refractivity contribution in [3.63, 3.8) is 0 Å². The summed E-state index contributed by atoms with van der Waals surface area (Å²) in [7, 11) is -3.30. The number of ether oxygens (including phenoxy) is 2. The van der Waals surface area contributed by atoms with E-state index in [0.29, 0.717) is 18.9 Å². The lowest BCUT2D eigenvalue weighted by molar-refractivity contribution is 0.0219. The summed E-state index contributed by atoms with van der Waals surface area (Å²) in [5, 5.41) is 0. The van der Waals surface area contributed by atoms with E-state index in [1.54, 1.807) is 0 Å². The fourth-order valence-corrected chi connectivity index (χ4v) is 9.40. The maximum absolute atomic E-state index is 13.7. The molecule has 0 bridgehead atoms. The fourth-order valence-electron chi connectivity index (χ4n) is 7.59. The summed E-state index contributed by atoms with van der Waals surface area (Å²) < 4.78 is 40.7. The molecule has 3 fully saturated rings. The summed E-state index contributed by atoms with van der Waals surface area (Å²) >= 11 is 0. The molecule has 210 valence electrons. The second-order valence-electron chi connectivity index (χ2n) is 11.8. The molecule has 0 amide bonds. The highest BCUT2D eigenvalue weighted by molar-refractivity contribution is 7.89. The number of hydrogen-bond acceptors (Lipinski definition) is 7. The lowest BCUT2D eigenvalue weighted by Gasteiger charge is -2.51. The van der Waals surface area contributed by atoms with Gasteiger partial charge in [0.15, 0.2) is 11.5 Å². The van der Waals surface area contributed by atoms with E-state index in [1.807, 2.05) is 4.31 Å². The molecule has 9 heteroatoms. The molecule has 3 saturated heterocycles. The van der Waals surface area contributed by atoms with Crippen molar-refractivity contribution in [2.45, 2.75) is 44.2 Å². The first-order valence-electron chi connectivity index (χ1n) is 14.7. The Kier molecular flexibility index (Phi) is 6.95. The van der Waals surface area contributed by atoms with Crippen molar-refractivity contribution in [1.82, 2.24) is 14.1 Å². The smallest absolute Gasteiger partial charge is 0.231 e. The van der Waals surface area contributed by atoms with E-state index < -0.39 is 10.0 Å². The van der Waals surface area contributed by atoms with Crippen LogP contribution < -0.4 is 14.4 Å². The van der Waals surface area contributed by atoms with Gasteiger partial charge in [0, 0.05) is 63.6 Å². The molecule has 8 nitrogen and oxygen atoms in total. The zero-order valence-electron chi connectivity index (χ0n) is 22.7. The molecule has 0 unspecified atom stereocenters. The number of anilines is 1. The Labute approximate surface area is 232 Å². The van der Waals surface area contributed by atoms with Gasteiger partial charge in [0.1, 0.15) is 0 Å². The van der Waals surface area contributed by atoms with Gasteiger partial charge < -0.3 is 14.4 Å². The molecule has 0 spiro atoms. The van der Waals surface area contributed by atoms with E-state index in [-0.39, 0.29) is 24.6 Å². The van der Waals surface area contributed by atoms with Crippen LogP contribution >= 0.6 is 0 Å². The van der Waals surface area contributed by atoms with Gasteiger partial charge >= 0.3 is 0 Å². The van der Waals surface area contributed by atoms with Gasteiger partial charge in [0.25, 0.3) is 0 Å². The normalized spacial score (nSPS) is 27.6. The molecule has 2 aromatic carbocycles. The number of nitrogens with zero attached hydrogens (tertiary/aromatic N) is 4. The lowest BCUT2D eigenvalue weighted by Crippen LogP contribution is -2.57. The van der Waals surface area contributed by atoms with Crippen LogP contribution in [0.1, 0.15) is 42.9 Å². The molecule has 7 rings (SSSR count). The number of hydrogen-bond donors (Lipinski definition) is 0. The molecule has 0 aromatic heterocycles. The van der Waals surface area contributed by atoms with Crippen LogP contribution in [0, 0.1) is 5.92 Å². The SMILES string of the molecule is O=S(=O)(CCCN1CCN(c2ccccc2)CC1)N1CCC[C@H]2CN3CCc4cc5c(cc4[C@@H]3C[C@H]21)OCO5. The first-order valence-corrected chi connectivity index (χ1v) is 16.3. The highest BCUT2D eigenvalue weighted by atomic mass is 32.2. The highest BCUT2D eigenvalue weighted by Gasteiger charge is 2.46. The van der Waals surface area contributed by atoms with E-state index >= 15 is 0 Å². The van der Waals surface area contributed by atoms with Crippen LogP contribution in [0.2, 0.25) is 0 Å². The van der Waals surface area contributed by atoms with Crippen LogP contribution in [0.3, 0.4) is 0 Å². The Hall–Kier alpha value is -2.33. The van der Waals surface area contributed by atoms with Crippen LogP contribution in [-0.4, -0.2) is 93.5 Å². The fraction of sp³-hybridized carbons (Fsp3) is 0.600. The maximum Gasteiger partial charge on any atom is 0.231 e. The summed E-state index contributed by atoms with van der Waals surface area (Å²) in [5.41, 5.74) is 3.91. The van der Waals surface area contributed by atoms with Crippen LogP contribution in [0.15, 0.2) is 42.5 Å². The quantitative estimate of drug-likeness (QED) is 0.545. The van der Waals surface area contributed by atoms with E-state index in [4.69, 9.17) is 9.47 Å². The summed E-state index contributed by atoms with van der Waals surface area (Å²) in [4.78, 5) is 7.44. The molecular formula is C30H40N4O4S. The first-order chi connectivity index (χ1) is 19.0. The Balaban J connectivity index is 0.984. The van der Waals surface area contributed by atoms with Crippen molar-refractivity contribution in [1.29, 1.82) is 0 Å². The van der Waals surface area contributed by atoms with E-state index in [2.05, 4.69) is 57.2 Å². The molecule has 0 saturated carbocycles. The summed E-state index contributed by atoms with van der Waals surface area (Å²) in [5.74, 6) is 2.35. The predicted octanol–water partition coefficient (Wildman–Crippen LogP) is 3.34. The third-order valence-corrected chi connectivity index (χ3v) is 11.6. The van der Waals surface area contributed by atoms with E-state index in [9.17, 15) is 8.42 Å². The lowest BCUT2D eigenvalue weighted by atomic mass is 9.77. The van der Waals surface area contributed by atoms with Gasteiger partial charge in [-0.2, -0.15) is 4.31 Å². The summed E-state index contributed by atoms with van der Waals surface area (Å²) in [6.45, 7) is 7.77. The van der Waals surface area contributed by atoms with Crippen molar-refractivity contribution in [3.8, 4) is 11.5 Å². The van der Waals surface area contributed by atoms with Crippen LogP contribution in [-0.2, 0) is 16.4 Å². The molecule has 0 aliphatic carbocycles. The number of sulfonamides is 1. The zero-order chi connectivity index (χ0) is 26.4. The zero-order valence-corrected chi connectivity index (χ0v) is 23.5.